The molecule has 0 aromatic heterocycles. The van der Waals surface area contributed by atoms with Gasteiger partial charge in [-0.1, -0.05) is 18.6 Å². The molecule has 0 amide bonds. The summed E-state index contributed by atoms with van der Waals surface area (Å²) >= 11 is 0. The van der Waals surface area contributed by atoms with Crippen LogP contribution in [0.5, 0.6) is 0 Å². The Morgan fingerprint density at radius 2 is 1.00 bits per heavy atom. The first-order valence-corrected chi connectivity index (χ1v) is 13.3. The van der Waals surface area contributed by atoms with Crippen LogP contribution >= 0.6 is 0 Å². The summed E-state index contributed by atoms with van der Waals surface area (Å²) in [7, 11) is -16.6. The molecule has 1 aliphatic carbocycles. The number of hydrogen-bond acceptors (Lipinski definition) is 15. The first-order chi connectivity index (χ1) is 16.7. The molecule has 15 N–H and O–H groups in total. The summed E-state index contributed by atoms with van der Waals surface area (Å²) < 4.78 is 182. The second kappa shape index (κ2) is 23.6. The Morgan fingerprint density at radius 1 is 0.756 bits per heavy atom. The molecular formula is C16H34F9N5O11OsS3. The van der Waals surface area contributed by atoms with Gasteiger partial charge in [0.1, 0.15) is 5.78 Å². The van der Waals surface area contributed by atoms with Crippen molar-refractivity contribution in [2.45, 2.75) is 50.1 Å². The van der Waals surface area contributed by atoms with Crippen LogP contribution in [0, 0.1) is 5.41 Å². The standard InChI is InChI=1S/C13H19O2.3CHF3O3S.5H3N.Os/c1-10-9-12(15-4)6-8-13(10,3)7-5-11(2)14;3*2-1(3,4)8(5,6)7;;;;;;/h6,8-9H,5,7H2,1-4H3;3*(H,5,6,7);5*1H3;/q+1;;;;;;;;;+2/p-3. The van der Waals surface area contributed by atoms with Crippen molar-refractivity contribution in [2.75, 3.05) is 7.11 Å². The minimum Gasteiger partial charge on any atom is -0.741 e. The molecule has 0 aromatic rings. The van der Waals surface area contributed by atoms with Crippen molar-refractivity contribution >= 4 is 41.9 Å². The van der Waals surface area contributed by atoms with Crippen molar-refractivity contribution < 1.29 is 107 Å². The molecule has 0 aliphatic heterocycles. The fourth-order valence-corrected chi connectivity index (χ4v) is 1.67. The molecule has 0 aromatic carbocycles. The van der Waals surface area contributed by atoms with E-state index in [4.69, 9.17) is 43.3 Å². The van der Waals surface area contributed by atoms with Gasteiger partial charge in [0.2, 0.25) is 0 Å². The van der Waals surface area contributed by atoms with E-state index in [0.29, 0.717) is 6.42 Å². The van der Waals surface area contributed by atoms with Crippen molar-refractivity contribution in [3.63, 3.8) is 0 Å². The van der Waals surface area contributed by atoms with Crippen molar-refractivity contribution in [1.29, 1.82) is 0 Å². The molecule has 1 rings (SSSR count). The first-order valence-electron chi connectivity index (χ1n) is 9.07. The average Bonchev–Trinajstić information content (AvgIpc) is 2.65. The van der Waals surface area contributed by atoms with Gasteiger partial charge in [-0.2, -0.15) is 39.5 Å². The maximum absolute atomic E-state index is 11.0. The molecule has 16 nitrogen and oxygen atoms in total. The SMILES string of the molecule is C[O+]=C1C=CC(C)(CCC(C)=O)C(C)=C1.N.N.N.N.N.O=S(=O)([O-])C(F)(F)F.O=S(=O)([O-])C(F)(F)F.O=S(=O)([O-])C(F)(F)F.[Os+2]. The summed E-state index contributed by atoms with van der Waals surface area (Å²) in [5, 5.41) is 0. The monoisotopic (exact) mass is 931 g/mol. The van der Waals surface area contributed by atoms with Crippen molar-refractivity contribution in [3.8, 4) is 0 Å². The van der Waals surface area contributed by atoms with Crippen molar-refractivity contribution in [2.24, 2.45) is 5.41 Å². The second-order valence-corrected chi connectivity index (χ2v) is 11.2. The zero-order valence-electron chi connectivity index (χ0n) is 23.7. The molecule has 1 aliphatic rings. The van der Waals surface area contributed by atoms with Crippen molar-refractivity contribution in [1.82, 2.24) is 30.8 Å². The first kappa shape index (κ1) is 65.9. The van der Waals surface area contributed by atoms with Crippen LogP contribution in [0.25, 0.3) is 0 Å². The average molecular weight is 930 g/mol. The molecule has 45 heavy (non-hydrogen) atoms. The Labute approximate surface area is 266 Å². The van der Waals surface area contributed by atoms with E-state index in [9.17, 15) is 44.3 Å². The summed E-state index contributed by atoms with van der Waals surface area (Å²) in [6, 6.07) is 0. The predicted molar refractivity (Wildman–Crippen MR) is 134 cm³/mol. The molecule has 1 atom stereocenters. The number of hydrogen-bond donors (Lipinski definition) is 5. The normalized spacial score (nSPS) is 16.8. The molecule has 0 saturated carbocycles. The van der Waals surface area contributed by atoms with Gasteiger partial charge in [-0.3, -0.25) is 4.42 Å². The van der Waals surface area contributed by atoms with Crippen LogP contribution in [0.3, 0.4) is 0 Å². The smallest absolute Gasteiger partial charge is 0.741 e. The minimum absolute atomic E-state index is 0. The molecule has 0 saturated heterocycles. The van der Waals surface area contributed by atoms with E-state index in [1.165, 1.54) is 5.57 Å². The van der Waals surface area contributed by atoms with Crippen molar-refractivity contribution in [3.05, 3.63) is 23.8 Å². The third-order valence-electron chi connectivity index (χ3n) is 3.96. The van der Waals surface area contributed by atoms with Gasteiger partial charge < -0.3 is 49.2 Å². The molecule has 278 valence electrons. The van der Waals surface area contributed by atoms with Gasteiger partial charge in [-0.05, 0) is 20.3 Å². The summed E-state index contributed by atoms with van der Waals surface area (Å²) in [6.07, 6.45) is 7.66. The predicted octanol–water partition coefficient (Wildman–Crippen LogP) is 3.57. The third kappa shape index (κ3) is 28.3. The Morgan fingerprint density at radius 3 is 1.16 bits per heavy atom. The number of allylic oxidation sites excluding steroid dienone is 4. The molecule has 1 unspecified atom stereocenters. The van der Waals surface area contributed by atoms with Crippen LogP contribution < -0.4 is 30.8 Å². The fraction of sp³-hybridized carbons (Fsp3) is 0.625. The number of rotatable bonds is 3. The molecular weight excluding hydrogens is 896 g/mol. The summed E-state index contributed by atoms with van der Waals surface area (Å²) in [6.45, 7) is 5.88. The van der Waals surface area contributed by atoms with Crippen LogP contribution in [0.1, 0.15) is 33.6 Å². The van der Waals surface area contributed by atoms with E-state index >= 15 is 0 Å². The number of halogens is 9. The van der Waals surface area contributed by atoms with E-state index in [1.54, 1.807) is 14.0 Å². The molecule has 0 fully saturated rings. The fourth-order valence-electron chi connectivity index (χ4n) is 1.67. The maximum Gasteiger partial charge on any atom is 2.00 e. The quantitative estimate of drug-likeness (QED) is 0.117. The number of Topliss-reactive ketones (excluding diaryl/α,β-unsaturated/α-hetero) is 1. The molecule has 0 heterocycles. The third-order valence-corrected chi connectivity index (χ3v) is 5.66. The molecule has 29 heteroatoms. The van der Waals surface area contributed by atoms with Gasteiger partial charge in [0, 0.05) is 24.0 Å². The van der Waals surface area contributed by atoms with Crippen LogP contribution in [0.4, 0.5) is 39.5 Å². The second-order valence-electron chi connectivity index (χ2n) is 7.09. The van der Waals surface area contributed by atoms with Crippen LogP contribution in [-0.2, 0) is 59.4 Å². The molecule has 0 spiro atoms. The van der Waals surface area contributed by atoms with Crippen LogP contribution in [0.15, 0.2) is 23.8 Å². The van der Waals surface area contributed by atoms with Gasteiger partial charge in [0.05, 0.1) is 0 Å². The Balaban J connectivity index is -0.0000000549. The minimum atomic E-state index is -6.09. The number of carbonyl (C=O) groups excluding carboxylic acids is 2. The van der Waals surface area contributed by atoms with Gasteiger partial charge in [0.25, 0.3) is 7.11 Å². The van der Waals surface area contributed by atoms with E-state index in [1.807, 2.05) is 12.2 Å². The summed E-state index contributed by atoms with van der Waals surface area (Å²) in [5.41, 5.74) is -15.7. The number of ketones is 2. The zero-order valence-corrected chi connectivity index (χ0v) is 28.6. The Hall–Kier alpha value is -1.64. The Bertz CT molecular complexity index is 1170. The van der Waals surface area contributed by atoms with Crippen LogP contribution in [0.2, 0.25) is 0 Å². The number of alkyl halides is 9. The summed E-state index contributed by atoms with van der Waals surface area (Å²) in [5.74, 6) is 1.13. The topological polar surface area (TPSA) is 375 Å². The Kier molecular flexibility index (Phi) is 34.6. The molecule has 0 bridgehead atoms. The van der Waals surface area contributed by atoms with Crippen LogP contribution in [-0.4, -0.2) is 74.1 Å². The largest absolute Gasteiger partial charge is 2.00 e. The van der Waals surface area contributed by atoms with Gasteiger partial charge in [0.15, 0.2) is 30.4 Å². The summed E-state index contributed by atoms with van der Waals surface area (Å²) in [4.78, 5) is 11.0. The van der Waals surface area contributed by atoms with E-state index in [0.717, 1.165) is 12.2 Å². The van der Waals surface area contributed by atoms with E-state index in [2.05, 4.69) is 19.9 Å². The number of carbonyl (C=O) groups is 1. The van der Waals surface area contributed by atoms with Gasteiger partial charge in [-0.15, -0.1) is 0 Å². The van der Waals surface area contributed by atoms with E-state index in [-0.39, 0.29) is 61.7 Å². The van der Waals surface area contributed by atoms with E-state index < -0.39 is 46.9 Å². The maximum atomic E-state index is 11.0. The molecule has 0 radical (unpaired) electrons. The van der Waals surface area contributed by atoms with Gasteiger partial charge in [-0.25, -0.2) is 25.3 Å². The van der Waals surface area contributed by atoms with Gasteiger partial charge >= 0.3 is 42.1 Å². The zero-order chi connectivity index (χ0) is 32.5.